The van der Waals surface area contributed by atoms with Gasteiger partial charge in [0.1, 0.15) is 17.3 Å². The van der Waals surface area contributed by atoms with Gasteiger partial charge in [0.25, 0.3) is 0 Å². The molecule has 0 atom stereocenters. The first kappa shape index (κ1) is 15.0. The maximum absolute atomic E-state index is 13.2. The number of hydrogen-bond acceptors (Lipinski definition) is 3. The third kappa shape index (κ3) is 3.31. The number of benzene rings is 2. The number of halogens is 1. The van der Waals surface area contributed by atoms with Crippen molar-refractivity contribution in [1.82, 2.24) is 0 Å². The Bertz CT molecular complexity index is 789. The first-order valence-corrected chi connectivity index (χ1v) is 7.30. The van der Waals surface area contributed by atoms with Crippen molar-refractivity contribution in [3.05, 3.63) is 77.3 Å². The van der Waals surface area contributed by atoms with Crippen LogP contribution in [0.1, 0.15) is 18.1 Å². The highest BCUT2D eigenvalue weighted by Crippen LogP contribution is 2.36. The molecule has 0 aliphatic carbocycles. The first-order chi connectivity index (χ1) is 11.2. The average molecular weight is 310 g/mol. The van der Waals surface area contributed by atoms with Crippen LogP contribution in [0.15, 0.2) is 60.4 Å². The van der Waals surface area contributed by atoms with Crippen molar-refractivity contribution >= 4 is 17.6 Å². The van der Waals surface area contributed by atoms with E-state index in [1.165, 1.54) is 18.2 Å². The molecule has 0 N–H and O–H groups in total. The van der Waals surface area contributed by atoms with Crippen LogP contribution in [0.5, 0.6) is 5.75 Å². The predicted molar refractivity (Wildman–Crippen MR) is 86.1 cm³/mol. The van der Waals surface area contributed by atoms with Gasteiger partial charge in [-0.3, -0.25) is 0 Å². The van der Waals surface area contributed by atoms with Gasteiger partial charge in [0, 0.05) is 11.1 Å². The average Bonchev–Trinajstić information content (AvgIpc) is 2.55. The van der Waals surface area contributed by atoms with Crippen LogP contribution in [0.25, 0.3) is 11.6 Å². The number of carbonyl (C=O) groups is 1. The van der Waals surface area contributed by atoms with Gasteiger partial charge in [0.15, 0.2) is 0 Å². The van der Waals surface area contributed by atoms with Gasteiger partial charge in [-0.2, -0.15) is 0 Å². The van der Waals surface area contributed by atoms with Crippen molar-refractivity contribution in [3.63, 3.8) is 0 Å². The van der Waals surface area contributed by atoms with Crippen molar-refractivity contribution in [2.75, 3.05) is 6.61 Å². The molecule has 0 saturated heterocycles. The fourth-order valence-electron chi connectivity index (χ4n) is 2.35. The number of allylic oxidation sites excluding steroid dienone is 1. The molecule has 3 nitrogen and oxygen atoms in total. The summed E-state index contributed by atoms with van der Waals surface area (Å²) in [7, 11) is 0. The van der Waals surface area contributed by atoms with E-state index in [0.717, 1.165) is 11.1 Å². The Morgan fingerprint density at radius 3 is 2.65 bits per heavy atom. The molecule has 0 bridgehead atoms. The van der Waals surface area contributed by atoms with E-state index in [1.807, 2.05) is 30.3 Å². The second-order valence-electron chi connectivity index (χ2n) is 4.97. The van der Waals surface area contributed by atoms with Gasteiger partial charge >= 0.3 is 5.97 Å². The molecule has 0 saturated carbocycles. The molecule has 0 fully saturated rings. The molecule has 4 heteroatoms. The van der Waals surface area contributed by atoms with Gasteiger partial charge in [-0.05, 0) is 36.8 Å². The van der Waals surface area contributed by atoms with Gasteiger partial charge in [0.05, 0.1) is 12.7 Å². The standard InChI is InChI=1S/C19H15FO3/c1-2-22-19(21)12-18-16(13-7-9-15(20)10-8-13)11-14-5-3-4-6-17(14)23-18/h3-12H,2H2,1H3/b18-12-. The Kier molecular flexibility index (Phi) is 4.24. The minimum absolute atomic E-state index is 0.287. The van der Waals surface area contributed by atoms with E-state index in [0.29, 0.717) is 17.1 Å². The summed E-state index contributed by atoms with van der Waals surface area (Å²) < 4.78 is 24.0. The van der Waals surface area contributed by atoms with Gasteiger partial charge in [-0.1, -0.05) is 30.3 Å². The molecule has 116 valence electrons. The van der Waals surface area contributed by atoms with Crippen LogP contribution < -0.4 is 4.74 Å². The topological polar surface area (TPSA) is 35.5 Å². The van der Waals surface area contributed by atoms with Crippen LogP contribution in [0.2, 0.25) is 0 Å². The smallest absolute Gasteiger partial charge is 0.334 e. The molecular formula is C19H15FO3. The van der Waals surface area contributed by atoms with Crippen molar-refractivity contribution in [2.45, 2.75) is 6.92 Å². The molecule has 0 radical (unpaired) electrons. The fourth-order valence-corrected chi connectivity index (χ4v) is 2.35. The number of ether oxygens (including phenoxy) is 2. The summed E-state index contributed by atoms with van der Waals surface area (Å²) in [6.45, 7) is 2.03. The minimum Gasteiger partial charge on any atom is -0.463 e. The normalized spacial score (nSPS) is 14.7. The Balaban J connectivity index is 2.07. The van der Waals surface area contributed by atoms with Crippen molar-refractivity contribution in [2.24, 2.45) is 0 Å². The van der Waals surface area contributed by atoms with Gasteiger partial charge < -0.3 is 9.47 Å². The van der Waals surface area contributed by atoms with E-state index >= 15 is 0 Å². The van der Waals surface area contributed by atoms with Gasteiger partial charge in [-0.15, -0.1) is 0 Å². The van der Waals surface area contributed by atoms with Crippen LogP contribution in [0.4, 0.5) is 4.39 Å². The molecular weight excluding hydrogens is 295 g/mol. The largest absolute Gasteiger partial charge is 0.463 e. The van der Waals surface area contributed by atoms with E-state index in [2.05, 4.69) is 0 Å². The fraction of sp³-hybridized carbons (Fsp3) is 0.105. The summed E-state index contributed by atoms with van der Waals surface area (Å²) in [5.74, 6) is 0.250. The molecule has 0 unspecified atom stereocenters. The Morgan fingerprint density at radius 1 is 1.17 bits per heavy atom. The predicted octanol–water partition coefficient (Wildman–Crippen LogP) is 4.21. The first-order valence-electron chi connectivity index (χ1n) is 7.30. The third-order valence-corrected chi connectivity index (χ3v) is 3.39. The summed E-state index contributed by atoms with van der Waals surface area (Å²) >= 11 is 0. The zero-order valence-corrected chi connectivity index (χ0v) is 12.6. The van der Waals surface area contributed by atoms with Gasteiger partial charge in [-0.25, -0.2) is 9.18 Å². The zero-order chi connectivity index (χ0) is 16.2. The minimum atomic E-state index is -0.477. The van der Waals surface area contributed by atoms with Gasteiger partial charge in [0.2, 0.25) is 0 Å². The van der Waals surface area contributed by atoms with E-state index in [-0.39, 0.29) is 12.4 Å². The summed E-state index contributed by atoms with van der Waals surface area (Å²) in [5, 5.41) is 0. The lowest BCUT2D eigenvalue weighted by molar-refractivity contribution is -0.137. The monoisotopic (exact) mass is 310 g/mol. The highest BCUT2D eigenvalue weighted by molar-refractivity contribution is 5.97. The summed E-state index contributed by atoms with van der Waals surface area (Å²) in [4.78, 5) is 11.8. The highest BCUT2D eigenvalue weighted by Gasteiger charge is 2.19. The third-order valence-electron chi connectivity index (χ3n) is 3.39. The summed E-state index contributed by atoms with van der Waals surface area (Å²) in [6.07, 6.45) is 3.23. The van der Waals surface area contributed by atoms with E-state index < -0.39 is 5.97 Å². The van der Waals surface area contributed by atoms with Crippen LogP contribution in [0, 0.1) is 5.82 Å². The van der Waals surface area contributed by atoms with Crippen molar-refractivity contribution in [1.29, 1.82) is 0 Å². The maximum Gasteiger partial charge on any atom is 0.334 e. The van der Waals surface area contributed by atoms with Crippen LogP contribution in [0.3, 0.4) is 0 Å². The molecule has 3 rings (SSSR count). The SMILES string of the molecule is CCOC(=O)/C=C1\Oc2ccccc2C=C1c1ccc(F)cc1. The summed E-state index contributed by atoms with van der Waals surface area (Å²) in [5.41, 5.74) is 2.36. The maximum atomic E-state index is 13.2. The number of rotatable bonds is 3. The van der Waals surface area contributed by atoms with E-state index in [1.54, 1.807) is 19.1 Å². The Hall–Kier alpha value is -2.88. The van der Waals surface area contributed by atoms with E-state index in [4.69, 9.17) is 9.47 Å². The Morgan fingerprint density at radius 2 is 1.91 bits per heavy atom. The molecule has 23 heavy (non-hydrogen) atoms. The lowest BCUT2D eigenvalue weighted by atomic mass is 9.98. The van der Waals surface area contributed by atoms with Crippen molar-refractivity contribution < 1.29 is 18.7 Å². The molecule has 1 aliphatic heterocycles. The number of fused-ring (bicyclic) bond motifs is 1. The molecule has 1 aliphatic rings. The molecule has 2 aromatic rings. The molecule has 1 heterocycles. The molecule has 0 aromatic heterocycles. The quantitative estimate of drug-likeness (QED) is 0.629. The number of carbonyl (C=O) groups excluding carboxylic acids is 1. The second kappa shape index (κ2) is 6.48. The van der Waals surface area contributed by atoms with Crippen LogP contribution in [-0.2, 0) is 9.53 Å². The Labute approximate surface area is 133 Å². The van der Waals surface area contributed by atoms with Crippen LogP contribution in [-0.4, -0.2) is 12.6 Å². The van der Waals surface area contributed by atoms with Crippen LogP contribution >= 0.6 is 0 Å². The molecule has 0 spiro atoms. The lowest BCUT2D eigenvalue weighted by Gasteiger charge is -2.20. The number of esters is 1. The number of hydrogen-bond donors (Lipinski definition) is 0. The van der Waals surface area contributed by atoms with Crippen molar-refractivity contribution in [3.8, 4) is 5.75 Å². The molecule has 0 amide bonds. The lowest BCUT2D eigenvalue weighted by Crippen LogP contribution is -2.09. The zero-order valence-electron chi connectivity index (χ0n) is 12.6. The summed E-state index contributed by atoms with van der Waals surface area (Å²) in [6, 6.07) is 13.6. The van der Waals surface area contributed by atoms with E-state index in [9.17, 15) is 9.18 Å². The second-order valence-corrected chi connectivity index (χ2v) is 4.97. The molecule has 2 aromatic carbocycles. The number of para-hydroxylation sites is 1. The highest BCUT2D eigenvalue weighted by atomic mass is 19.1.